The third kappa shape index (κ3) is 6.35. The van der Waals surface area contributed by atoms with Gasteiger partial charge in [-0.1, -0.05) is 53.8 Å². The highest BCUT2D eigenvalue weighted by molar-refractivity contribution is 7.23. The van der Waals surface area contributed by atoms with Crippen LogP contribution < -0.4 is 15.4 Å². The Morgan fingerprint density at radius 3 is 2.59 bits per heavy atom. The summed E-state index contributed by atoms with van der Waals surface area (Å²) < 4.78 is 8.57. The van der Waals surface area contributed by atoms with Crippen LogP contribution in [0.15, 0.2) is 85.5 Å². The van der Waals surface area contributed by atoms with Crippen molar-refractivity contribution in [3.8, 4) is 16.9 Å². The lowest BCUT2D eigenvalue weighted by Crippen LogP contribution is -2.16. The summed E-state index contributed by atoms with van der Waals surface area (Å²) in [6.45, 7) is 2.61. The zero-order chi connectivity index (χ0) is 24.7. The Balaban J connectivity index is 0.00000320. The lowest BCUT2D eigenvalue weighted by Gasteiger charge is -2.07. The van der Waals surface area contributed by atoms with Gasteiger partial charge in [-0.05, 0) is 48.4 Å². The number of imidazole rings is 1. The monoisotopic (exact) mass is 533 g/mol. The van der Waals surface area contributed by atoms with Crippen molar-refractivity contribution in [2.75, 3.05) is 19.0 Å². The molecule has 2 N–H and O–H groups in total. The van der Waals surface area contributed by atoms with Gasteiger partial charge < -0.3 is 14.6 Å². The number of nitrogens with one attached hydrogen (secondary N) is 2. The van der Waals surface area contributed by atoms with Crippen LogP contribution in [0.4, 0.5) is 5.13 Å². The number of fused-ring (bicyclic) bond motifs is 1. The van der Waals surface area contributed by atoms with Crippen LogP contribution in [-0.2, 0) is 13.1 Å². The van der Waals surface area contributed by atoms with Crippen molar-refractivity contribution in [3.05, 3.63) is 96.6 Å². The van der Waals surface area contributed by atoms with E-state index in [2.05, 4.69) is 37.3 Å². The number of carbonyl (C=O) groups is 1. The average molecular weight is 534 g/mol. The minimum absolute atomic E-state index is 0. The van der Waals surface area contributed by atoms with Crippen molar-refractivity contribution in [1.82, 2.24) is 19.9 Å². The molecular formula is C28H28ClN5O2S. The highest BCUT2D eigenvalue weighted by Gasteiger charge is 2.16. The van der Waals surface area contributed by atoms with E-state index < -0.39 is 0 Å². The molecule has 0 radical (unpaired) electrons. The van der Waals surface area contributed by atoms with Crippen molar-refractivity contribution in [3.63, 3.8) is 0 Å². The highest BCUT2D eigenvalue weighted by atomic mass is 35.5. The second kappa shape index (κ2) is 12.5. The van der Waals surface area contributed by atoms with E-state index in [0.717, 1.165) is 53.0 Å². The van der Waals surface area contributed by atoms with E-state index in [1.165, 1.54) is 11.3 Å². The predicted molar refractivity (Wildman–Crippen MR) is 152 cm³/mol. The SMILES string of the molecule is COc1ccc(-c2ccccc2)c2sc(NC(=O)c3ccc(CNCCCn4ccnc4)cc3)nc12.Cl. The molecule has 9 heteroatoms. The lowest BCUT2D eigenvalue weighted by atomic mass is 10.1. The van der Waals surface area contributed by atoms with Crippen LogP contribution in [0.2, 0.25) is 0 Å². The number of halogens is 1. The summed E-state index contributed by atoms with van der Waals surface area (Å²) in [5.74, 6) is 0.498. The van der Waals surface area contributed by atoms with Crippen LogP contribution in [0.1, 0.15) is 22.3 Å². The first-order chi connectivity index (χ1) is 17.7. The maximum Gasteiger partial charge on any atom is 0.257 e. The van der Waals surface area contributed by atoms with E-state index in [9.17, 15) is 4.79 Å². The van der Waals surface area contributed by atoms with E-state index in [1.807, 2.05) is 67.1 Å². The van der Waals surface area contributed by atoms with Gasteiger partial charge in [0.25, 0.3) is 5.91 Å². The molecule has 5 rings (SSSR count). The Kier molecular flexibility index (Phi) is 8.90. The number of hydrogen-bond donors (Lipinski definition) is 2. The average Bonchev–Trinajstić information content (AvgIpc) is 3.59. The number of benzene rings is 3. The van der Waals surface area contributed by atoms with Gasteiger partial charge >= 0.3 is 0 Å². The number of anilines is 1. The molecule has 0 aliphatic carbocycles. The Morgan fingerprint density at radius 2 is 1.86 bits per heavy atom. The molecule has 3 aromatic carbocycles. The van der Waals surface area contributed by atoms with Gasteiger partial charge in [-0.3, -0.25) is 10.1 Å². The molecule has 0 aliphatic heterocycles. The van der Waals surface area contributed by atoms with Crippen LogP contribution in [0.25, 0.3) is 21.3 Å². The third-order valence-electron chi connectivity index (χ3n) is 5.91. The Labute approximate surface area is 226 Å². The van der Waals surface area contributed by atoms with Crippen molar-refractivity contribution in [2.24, 2.45) is 0 Å². The van der Waals surface area contributed by atoms with E-state index in [0.29, 0.717) is 16.4 Å². The number of aryl methyl sites for hydroxylation is 1. The summed E-state index contributed by atoms with van der Waals surface area (Å²) in [4.78, 5) is 21.7. The van der Waals surface area contributed by atoms with Gasteiger partial charge in [-0.25, -0.2) is 9.97 Å². The topological polar surface area (TPSA) is 81.1 Å². The molecule has 2 aromatic heterocycles. The predicted octanol–water partition coefficient (Wildman–Crippen LogP) is 6.02. The summed E-state index contributed by atoms with van der Waals surface area (Å²) in [6, 6.07) is 21.7. The number of rotatable bonds is 10. The van der Waals surface area contributed by atoms with Crippen molar-refractivity contribution in [2.45, 2.75) is 19.5 Å². The highest BCUT2D eigenvalue weighted by Crippen LogP contribution is 2.39. The fourth-order valence-corrected chi connectivity index (χ4v) is 5.04. The number of carbonyl (C=O) groups excluding carboxylic acids is 1. The largest absolute Gasteiger partial charge is 0.494 e. The number of aromatic nitrogens is 3. The molecule has 37 heavy (non-hydrogen) atoms. The Hall–Kier alpha value is -3.72. The smallest absolute Gasteiger partial charge is 0.257 e. The molecule has 0 aliphatic rings. The fourth-order valence-electron chi connectivity index (χ4n) is 4.03. The first kappa shape index (κ1) is 26.3. The first-order valence-corrected chi connectivity index (χ1v) is 12.6. The minimum Gasteiger partial charge on any atom is -0.494 e. The van der Waals surface area contributed by atoms with Crippen LogP contribution in [-0.4, -0.2) is 34.1 Å². The van der Waals surface area contributed by atoms with Gasteiger partial charge in [0.05, 0.1) is 18.1 Å². The Morgan fingerprint density at radius 1 is 1.05 bits per heavy atom. The van der Waals surface area contributed by atoms with Gasteiger partial charge in [0.1, 0.15) is 11.3 Å². The second-order valence-electron chi connectivity index (χ2n) is 8.36. The van der Waals surface area contributed by atoms with Crippen LogP contribution >= 0.6 is 23.7 Å². The number of methoxy groups -OCH3 is 1. The van der Waals surface area contributed by atoms with E-state index in [1.54, 1.807) is 13.3 Å². The van der Waals surface area contributed by atoms with E-state index in [4.69, 9.17) is 4.74 Å². The summed E-state index contributed by atoms with van der Waals surface area (Å²) in [5, 5.41) is 6.94. The van der Waals surface area contributed by atoms with Crippen molar-refractivity contribution < 1.29 is 9.53 Å². The van der Waals surface area contributed by atoms with Gasteiger partial charge in [-0.2, -0.15) is 0 Å². The number of nitrogens with zero attached hydrogens (tertiary/aromatic N) is 3. The van der Waals surface area contributed by atoms with E-state index in [-0.39, 0.29) is 18.3 Å². The van der Waals surface area contributed by atoms with Gasteiger partial charge in [-0.15, -0.1) is 12.4 Å². The fraction of sp³-hybridized carbons (Fsp3) is 0.179. The standard InChI is InChI=1S/C28H27N5O2S.ClH/c1-35-24-13-12-23(21-6-3-2-4-7-21)26-25(24)31-28(36-26)32-27(34)22-10-8-20(9-11-22)18-29-14-5-16-33-17-15-30-19-33;/h2-4,6-13,15,17,19,29H,5,14,16,18H2,1H3,(H,31,32,34);1H. The molecular weight excluding hydrogens is 506 g/mol. The minimum atomic E-state index is -0.186. The zero-order valence-corrected chi connectivity index (χ0v) is 22.0. The summed E-state index contributed by atoms with van der Waals surface area (Å²) in [6.07, 6.45) is 6.62. The molecule has 5 aromatic rings. The zero-order valence-electron chi connectivity index (χ0n) is 20.4. The molecule has 0 bridgehead atoms. The van der Waals surface area contributed by atoms with Crippen LogP contribution in [0.3, 0.4) is 0 Å². The quantitative estimate of drug-likeness (QED) is 0.214. The van der Waals surface area contributed by atoms with Crippen molar-refractivity contribution in [1.29, 1.82) is 0 Å². The second-order valence-corrected chi connectivity index (χ2v) is 9.36. The molecule has 0 unspecified atom stereocenters. The third-order valence-corrected chi connectivity index (χ3v) is 6.91. The normalized spacial score (nSPS) is 10.7. The molecule has 190 valence electrons. The van der Waals surface area contributed by atoms with Gasteiger partial charge in [0.15, 0.2) is 5.13 Å². The van der Waals surface area contributed by atoms with Crippen LogP contribution in [0.5, 0.6) is 5.75 Å². The van der Waals surface area contributed by atoms with Crippen molar-refractivity contribution >= 4 is 45.0 Å². The lowest BCUT2D eigenvalue weighted by molar-refractivity contribution is 0.102. The summed E-state index contributed by atoms with van der Waals surface area (Å²) in [5.41, 5.74) is 4.62. The number of ether oxygens (including phenoxy) is 1. The molecule has 1 amide bonds. The molecule has 7 nitrogen and oxygen atoms in total. The van der Waals surface area contributed by atoms with Gasteiger partial charge in [0, 0.05) is 36.6 Å². The Bertz CT molecular complexity index is 1440. The molecule has 0 atom stereocenters. The number of hydrogen-bond acceptors (Lipinski definition) is 6. The number of thiazole rings is 1. The van der Waals surface area contributed by atoms with Gasteiger partial charge in [0.2, 0.25) is 0 Å². The molecule has 0 fully saturated rings. The first-order valence-electron chi connectivity index (χ1n) is 11.8. The number of amides is 1. The maximum atomic E-state index is 12.9. The summed E-state index contributed by atoms with van der Waals surface area (Å²) in [7, 11) is 1.63. The molecule has 2 heterocycles. The van der Waals surface area contributed by atoms with E-state index >= 15 is 0 Å². The summed E-state index contributed by atoms with van der Waals surface area (Å²) >= 11 is 1.45. The molecule has 0 saturated carbocycles. The maximum absolute atomic E-state index is 12.9. The molecule has 0 saturated heterocycles. The molecule has 0 spiro atoms. The van der Waals surface area contributed by atoms with Crippen LogP contribution in [0, 0.1) is 0 Å².